The number of H-pyrrole nitrogens is 1. The molecule has 0 amide bonds. The molecule has 10 heteroatoms. The molecule has 146 valence electrons. The first kappa shape index (κ1) is 18.9. The largest absolute Gasteiger partial charge is 0.366 e. The number of hydrogen-bond donors (Lipinski definition) is 1. The van der Waals surface area contributed by atoms with E-state index in [9.17, 15) is 13.2 Å². The molecule has 3 heterocycles. The summed E-state index contributed by atoms with van der Waals surface area (Å²) in [4.78, 5) is 18.1. The van der Waals surface area contributed by atoms with Crippen LogP contribution in [0.1, 0.15) is 5.56 Å². The minimum absolute atomic E-state index is 0.0555. The summed E-state index contributed by atoms with van der Waals surface area (Å²) in [6, 6.07) is 7.09. The second-order valence-corrected chi connectivity index (χ2v) is 8.91. The van der Waals surface area contributed by atoms with Gasteiger partial charge in [0.15, 0.2) is 0 Å². The van der Waals surface area contributed by atoms with Crippen molar-refractivity contribution in [1.82, 2.24) is 19.5 Å². The number of pyridine rings is 1. The van der Waals surface area contributed by atoms with Crippen LogP contribution < -0.4 is 10.5 Å². The molecule has 28 heavy (non-hydrogen) atoms. The van der Waals surface area contributed by atoms with Crippen molar-refractivity contribution in [1.29, 1.82) is 0 Å². The number of hydrogen-bond acceptors (Lipinski definition) is 6. The van der Waals surface area contributed by atoms with Crippen molar-refractivity contribution in [3.63, 3.8) is 0 Å². The number of aromatic nitrogens is 3. The minimum Gasteiger partial charge on any atom is -0.366 e. The molecule has 0 aliphatic carbocycles. The first-order valence-corrected chi connectivity index (χ1v) is 10.5. The molecule has 1 aliphatic heterocycles. The highest BCUT2D eigenvalue weighted by Gasteiger charge is 2.31. The summed E-state index contributed by atoms with van der Waals surface area (Å²) >= 11 is 6.06. The molecule has 8 nitrogen and oxygen atoms in total. The van der Waals surface area contributed by atoms with Crippen LogP contribution in [-0.2, 0) is 10.0 Å². The van der Waals surface area contributed by atoms with Crippen molar-refractivity contribution in [3.8, 4) is 0 Å². The number of fused-ring (bicyclic) bond motifs is 1. The number of para-hydroxylation sites is 1. The molecule has 1 aliphatic rings. The van der Waals surface area contributed by atoms with E-state index in [4.69, 9.17) is 11.6 Å². The van der Waals surface area contributed by atoms with E-state index in [1.54, 1.807) is 18.3 Å². The zero-order valence-corrected chi connectivity index (χ0v) is 16.7. The summed E-state index contributed by atoms with van der Waals surface area (Å²) in [5.74, 6) is 0. The molecule has 1 fully saturated rings. The van der Waals surface area contributed by atoms with Gasteiger partial charge in [-0.1, -0.05) is 23.7 Å². The van der Waals surface area contributed by atoms with Gasteiger partial charge in [0.2, 0.25) is 10.0 Å². The lowest BCUT2D eigenvalue weighted by atomic mass is 10.2. The molecule has 1 N–H and O–H groups in total. The highest BCUT2D eigenvalue weighted by atomic mass is 35.5. The van der Waals surface area contributed by atoms with E-state index < -0.39 is 15.6 Å². The Hall–Kier alpha value is -2.49. The number of rotatable bonds is 3. The number of halogens is 1. The van der Waals surface area contributed by atoms with Crippen LogP contribution in [0.4, 0.5) is 5.69 Å². The summed E-state index contributed by atoms with van der Waals surface area (Å²) in [5.41, 5.74) is 1.48. The third kappa shape index (κ3) is 3.25. The Kier molecular flexibility index (Phi) is 4.82. The summed E-state index contributed by atoms with van der Waals surface area (Å²) in [6.07, 6.45) is 3.14. The molecule has 0 unspecified atom stereocenters. The molecule has 1 aromatic carbocycles. The van der Waals surface area contributed by atoms with Crippen LogP contribution in [0.25, 0.3) is 10.9 Å². The zero-order chi connectivity index (χ0) is 19.9. The van der Waals surface area contributed by atoms with Crippen molar-refractivity contribution < 1.29 is 8.42 Å². The van der Waals surface area contributed by atoms with Gasteiger partial charge in [0, 0.05) is 37.8 Å². The van der Waals surface area contributed by atoms with E-state index >= 15 is 0 Å². The van der Waals surface area contributed by atoms with Crippen LogP contribution in [0.3, 0.4) is 0 Å². The average Bonchev–Trinajstić information content (AvgIpc) is 2.69. The number of benzene rings is 1. The summed E-state index contributed by atoms with van der Waals surface area (Å²) in [5, 5.41) is 6.90. The number of sulfonamides is 1. The van der Waals surface area contributed by atoms with Gasteiger partial charge in [-0.25, -0.2) is 13.5 Å². The van der Waals surface area contributed by atoms with Crippen LogP contribution in [0.15, 0.2) is 46.3 Å². The van der Waals surface area contributed by atoms with E-state index in [0.717, 1.165) is 10.9 Å². The molecule has 3 aromatic rings. The number of nitrogens with one attached hydrogen (secondary N) is 1. The maximum Gasteiger partial charge on any atom is 0.285 e. The zero-order valence-electron chi connectivity index (χ0n) is 15.1. The van der Waals surface area contributed by atoms with Crippen LogP contribution in [-0.4, -0.2) is 54.1 Å². The molecular formula is C18H18ClN5O3S. The Morgan fingerprint density at radius 2 is 1.89 bits per heavy atom. The van der Waals surface area contributed by atoms with Crippen LogP contribution in [0.5, 0.6) is 0 Å². The molecule has 0 atom stereocenters. The fourth-order valence-electron chi connectivity index (χ4n) is 3.35. The molecular weight excluding hydrogens is 402 g/mol. The topological polar surface area (TPSA) is 99.3 Å². The Labute approximate surface area is 166 Å². The first-order chi connectivity index (χ1) is 13.4. The highest BCUT2D eigenvalue weighted by Crippen LogP contribution is 2.27. The van der Waals surface area contributed by atoms with Crippen LogP contribution in [0.2, 0.25) is 5.02 Å². The van der Waals surface area contributed by atoms with Gasteiger partial charge in [-0.05, 0) is 24.6 Å². The number of aryl methyl sites for hydroxylation is 1. The Morgan fingerprint density at radius 1 is 1.14 bits per heavy atom. The fourth-order valence-corrected chi connectivity index (χ4v) is 5.15. The van der Waals surface area contributed by atoms with E-state index in [0.29, 0.717) is 24.3 Å². The number of piperazine rings is 1. The van der Waals surface area contributed by atoms with Crippen molar-refractivity contribution in [2.75, 3.05) is 31.1 Å². The lowest BCUT2D eigenvalue weighted by Crippen LogP contribution is -2.49. The van der Waals surface area contributed by atoms with Gasteiger partial charge in [-0.3, -0.25) is 9.78 Å². The van der Waals surface area contributed by atoms with Crippen LogP contribution >= 0.6 is 11.6 Å². The molecule has 0 saturated carbocycles. The first-order valence-electron chi connectivity index (χ1n) is 8.71. The van der Waals surface area contributed by atoms with Gasteiger partial charge in [0.05, 0.1) is 17.4 Å². The average molecular weight is 420 g/mol. The smallest absolute Gasteiger partial charge is 0.285 e. The number of nitrogens with zero attached hydrogens (tertiary/aromatic N) is 4. The molecule has 0 radical (unpaired) electrons. The molecule has 4 rings (SSSR count). The highest BCUT2D eigenvalue weighted by molar-refractivity contribution is 7.89. The normalized spacial score (nSPS) is 15.9. The van der Waals surface area contributed by atoms with Crippen molar-refractivity contribution in [2.24, 2.45) is 0 Å². The third-order valence-corrected chi connectivity index (χ3v) is 7.08. The lowest BCUT2D eigenvalue weighted by Gasteiger charge is -2.35. The SMILES string of the molecule is Cc1cnc2c(S(=O)(=O)N3CCN(c4cn[nH]c(=O)c4Cl)CC3)cccc2c1. The van der Waals surface area contributed by atoms with Gasteiger partial charge < -0.3 is 4.90 Å². The van der Waals surface area contributed by atoms with Gasteiger partial charge in [-0.2, -0.15) is 9.40 Å². The fraction of sp³-hybridized carbons (Fsp3) is 0.278. The summed E-state index contributed by atoms with van der Waals surface area (Å²) in [7, 11) is -3.70. The Bertz CT molecular complexity index is 1200. The standard InChI is InChI=1S/C18H18ClN5O3S/c1-12-9-13-3-2-4-15(17(13)20-10-12)28(26,27)24-7-5-23(6-8-24)14-11-21-22-18(25)16(14)19/h2-4,9-11H,5-8H2,1H3,(H,22,25). The van der Waals surface area contributed by atoms with Gasteiger partial charge >= 0.3 is 0 Å². The maximum absolute atomic E-state index is 13.2. The van der Waals surface area contributed by atoms with E-state index in [1.807, 2.05) is 24.0 Å². The Morgan fingerprint density at radius 3 is 2.64 bits per heavy atom. The second-order valence-electron chi connectivity index (χ2n) is 6.63. The summed E-state index contributed by atoms with van der Waals surface area (Å²) < 4.78 is 27.9. The third-order valence-electron chi connectivity index (χ3n) is 4.78. The number of aromatic amines is 1. The van der Waals surface area contributed by atoms with Gasteiger partial charge in [0.1, 0.15) is 9.92 Å². The Balaban J connectivity index is 1.61. The van der Waals surface area contributed by atoms with Crippen molar-refractivity contribution in [2.45, 2.75) is 11.8 Å². The van der Waals surface area contributed by atoms with Gasteiger partial charge in [0.25, 0.3) is 5.56 Å². The maximum atomic E-state index is 13.2. The van der Waals surface area contributed by atoms with E-state index in [-0.39, 0.29) is 23.0 Å². The molecule has 1 saturated heterocycles. The van der Waals surface area contributed by atoms with Crippen molar-refractivity contribution in [3.05, 3.63) is 57.6 Å². The van der Waals surface area contributed by atoms with E-state index in [1.165, 1.54) is 10.5 Å². The van der Waals surface area contributed by atoms with Crippen LogP contribution in [0, 0.1) is 6.92 Å². The predicted octanol–water partition coefficient (Wildman–Crippen LogP) is 1.79. The quantitative estimate of drug-likeness (QED) is 0.694. The molecule has 0 spiro atoms. The molecule has 0 bridgehead atoms. The monoisotopic (exact) mass is 419 g/mol. The number of anilines is 1. The van der Waals surface area contributed by atoms with E-state index in [2.05, 4.69) is 15.2 Å². The minimum atomic E-state index is -3.70. The molecule has 2 aromatic heterocycles. The lowest BCUT2D eigenvalue weighted by molar-refractivity contribution is 0.385. The predicted molar refractivity (Wildman–Crippen MR) is 107 cm³/mol. The summed E-state index contributed by atoms with van der Waals surface area (Å²) in [6.45, 7) is 3.27. The van der Waals surface area contributed by atoms with Crippen molar-refractivity contribution >= 4 is 38.2 Å². The second kappa shape index (κ2) is 7.16. The van der Waals surface area contributed by atoms with Gasteiger partial charge in [-0.15, -0.1) is 0 Å².